The molecule has 2 aromatic rings. The number of thiazole rings is 1. The Hall–Kier alpha value is -1.79. The topological polar surface area (TPSA) is 68.0 Å². The minimum absolute atomic E-state index is 0.00643. The number of hydrogen-bond donors (Lipinski definition) is 2. The molecule has 2 atom stereocenters. The van der Waals surface area contributed by atoms with Gasteiger partial charge in [-0.2, -0.15) is 0 Å². The van der Waals surface area contributed by atoms with Crippen molar-refractivity contribution in [2.45, 2.75) is 32.2 Å². The van der Waals surface area contributed by atoms with Crippen LogP contribution in [0, 0.1) is 11.7 Å². The van der Waals surface area contributed by atoms with E-state index in [0.29, 0.717) is 6.54 Å². The Morgan fingerprint density at radius 2 is 2.22 bits per heavy atom. The third-order valence-corrected chi connectivity index (χ3v) is 5.42. The fourth-order valence-electron chi connectivity index (χ4n) is 2.69. The molecule has 3 rings (SSSR count). The molecule has 3 N–H and O–H groups in total. The number of nitrogens with two attached hydrogens (primary N) is 1. The first-order valence-corrected chi connectivity index (χ1v) is 8.66. The van der Waals surface area contributed by atoms with Gasteiger partial charge >= 0.3 is 0 Å². The van der Waals surface area contributed by atoms with E-state index >= 15 is 0 Å². The van der Waals surface area contributed by atoms with Gasteiger partial charge in [0.2, 0.25) is 5.91 Å². The first-order valence-electron chi connectivity index (χ1n) is 7.84. The third-order valence-electron chi connectivity index (χ3n) is 4.16. The summed E-state index contributed by atoms with van der Waals surface area (Å²) in [6.07, 6.45) is 2.84. The fourth-order valence-corrected chi connectivity index (χ4v) is 3.90. The number of amides is 1. The van der Waals surface area contributed by atoms with Gasteiger partial charge in [-0.05, 0) is 43.5 Å². The molecule has 1 aromatic carbocycles. The summed E-state index contributed by atoms with van der Waals surface area (Å²) in [7, 11) is 0. The number of aromatic nitrogens is 1. The SMILES string of the molecule is CC(CN)C(=O)NC1CCCc2nc(-c3ccc(F)cc3)sc21. The summed E-state index contributed by atoms with van der Waals surface area (Å²) in [5, 5.41) is 3.97. The van der Waals surface area contributed by atoms with E-state index in [0.717, 1.165) is 40.4 Å². The zero-order valence-electron chi connectivity index (χ0n) is 13.0. The predicted octanol–water partition coefficient (Wildman–Crippen LogP) is 3.04. The van der Waals surface area contributed by atoms with E-state index in [1.165, 1.54) is 12.1 Å². The summed E-state index contributed by atoms with van der Waals surface area (Å²) in [6.45, 7) is 2.17. The van der Waals surface area contributed by atoms with Crippen LogP contribution in [0.2, 0.25) is 0 Å². The van der Waals surface area contributed by atoms with Gasteiger partial charge in [-0.3, -0.25) is 4.79 Å². The van der Waals surface area contributed by atoms with Crippen molar-refractivity contribution in [3.63, 3.8) is 0 Å². The van der Waals surface area contributed by atoms with Crippen LogP contribution in [0.25, 0.3) is 10.6 Å². The molecule has 0 spiro atoms. The van der Waals surface area contributed by atoms with Crippen LogP contribution >= 0.6 is 11.3 Å². The summed E-state index contributed by atoms with van der Waals surface area (Å²) >= 11 is 1.58. The van der Waals surface area contributed by atoms with Gasteiger partial charge in [0.05, 0.1) is 16.6 Å². The molecule has 1 aliphatic rings. The number of carbonyl (C=O) groups is 1. The zero-order chi connectivity index (χ0) is 16.4. The van der Waals surface area contributed by atoms with E-state index in [2.05, 4.69) is 5.32 Å². The number of carbonyl (C=O) groups excluding carboxylic acids is 1. The lowest BCUT2D eigenvalue weighted by Crippen LogP contribution is -2.36. The van der Waals surface area contributed by atoms with Crippen LogP contribution < -0.4 is 11.1 Å². The van der Waals surface area contributed by atoms with E-state index < -0.39 is 0 Å². The van der Waals surface area contributed by atoms with Gasteiger partial charge in [-0.1, -0.05) is 6.92 Å². The summed E-state index contributed by atoms with van der Waals surface area (Å²) in [5.74, 6) is -0.456. The monoisotopic (exact) mass is 333 g/mol. The average Bonchev–Trinajstić information content (AvgIpc) is 3.00. The van der Waals surface area contributed by atoms with Crippen molar-refractivity contribution in [2.24, 2.45) is 11.7 Å². The lowest BCUT2D eigenvalue weighted by atomic mass is 9.97. The lowest BCUT2D eigenvalue weighted by Gasteiger charge is -2.23. The molecule has 0 saturated heterocycles. The summed E-state index contributed by atoms with van der Waals surface area (Å²) in [4.78, 5) is 17.9. The largest absolute Gasteiger partial charge is 0.348 e. The number of rotatable bonds is 4. The molecule has 0 saturated carbocycles. The Kier molecular flexibility index (Phi) is 4.73. The van der Waals surface area contributed by atoms with Crippen LogP contribution in [-0.2, 0) is 11.2 Å². The highest BCUT2D eigenvalue weighted by Gasteiger charge is 2.27. The Balaban J connectivity index is 1.84. The van der Waals surface area contributed by atoms with Crippen LogP contribution in [-0.4, -0.2) is 17.4 Å². The normalized spacial score (nSPS) is 18.3. The van der Waals surface area contributed by atoms with E-state index in [-0.39, 0.29) is 23.7 Å². The maximum atomic E-state index is 13.1. The molecular weight excluding hydrogens is 313 g/mol. The Bertz CT molecular complexity index is 698. The number of nitrogens with one attached hydrogen (secondary N) is 1. The van der Waals surface area contributed by atoms with E-state index in [4.69, 9.17) is 10.7 Å². The summed E-state index contributed by atoms with van der Waals surface area (Å²) < 4.78 is 13.1. The molecule has 1 amide bonds. The van der Waals surface area contributed by atoms with E-state index in [1.54, 1.807) is 23.5 Å². The molecule has 6 heteroatoms. The molecule has 23 heavy (non-hydrogen) atoms. The van der Waals surface area contributed by atoms with Gasteiger partial charge in [0, 0.05) is 18.0 Å². The summed E-state index contributed by atoms with van der Waals surface area (Å²) in [5.41, 5.74) is 7.52. The maximum absolute atomic E-state index is 13.1. The first-order chi connectivity index (χ1) is 11.1. The Morgan fingerprint density at radius 1 is 1.48 bits per heavy atom. The number of nitrogens with zero attached hydrogens (tertiary/aromatic N) is 1. The van der Waals surface area contributed by atoms with Crippen molar-refractivity contribution in [2.75, 3.05) is 6.54 Å². The van der Waals surface area contributed by atoms with E-state index in [1.807, 2.05) is 6.92 Å². The van der Waals surface area contributed by atoms with Gasteiger partial charge in [0.15, 0.2) is 0 Å². The minimum atomic E-state index is -0.254. The van der Waals surface area contributed by atoms with Gasteiger partial charge in [-0.25, -0.2) is 9.37 Å². The van der Waals surface area contributed by atoms with Crippen molar-refractivity contribution >= 4 is 17.2 Å². The first kappa shape index (κ1) is 16.1. The van der Waals surface area contributed by atoms with Crippen LogP contribution in [0.1, 0.15) is 36.4 Å². The van der Waals surface area contributed by atoms with Crippen LogP contribution in [0.3, 0.4) is 0 Å². The quantitative estimate of drug-likeness (QED) is 0.904. The maximum Gasteiger partial charge on any atom is 0.224 e. The standard InChI is InChI=1S/C17H20FN3OS/c1-10(9-19)16(22)20-13-3-2-4-14-15(13)23-17(21-14)11-5-7-12(18)8-6-11/h5-8,10,13H,2-4,9,19H2,1H3,(H,20,22). The van der Waals surface area contributed by atoms with Crippen LogP contribution in [0.5, 0.6) is 0 Å². The molecule has 1 heterocycles. The molecule has 0 aliphatic heterocycles. The highest BCUT2D eigenvalue weighted by atomic mass is 32.1. The molecule has 0 fully saturated rings. The van der Waals surface area contributed by atoms with Gasteiger partial charge in [0.25, 0.3) is 0 Å². The van der Waals surface area contributed by atoms with Gasteiger partial charge in [0.1, 0.15) is 10.8 Å². The second-order valence-electron chi connectivity index (χ2n) is 5.93. The van der Waals surface area contributed by atoms with Gasteiger partial charge in [-0.15, -0.1) is 11.3 Å². The molecule has 1 aliphatic carbocycles. The van der Waals surface area contributed by atoms with Crippen molar-refractivity contribution in [1.29, 1.82) is 0 Å². The molecule has 4 nitrogen and oxygen atoms in total. The lowest BCUT2D eigenvalue weighted by molar-refractivity contribution is -0.125. The second kappa shape index (κ2) is 6.76. The third kappa shape index (κ3) is 3.43. The molecule has 122 valence electrons. The molecular formula is C17H20FN3OS. The van der Waals surface area contributed by atoms with Crippen molar-refractivity contribution < 1.29 is 9.18 Å². The number of fused-ring (bicyclic) bond motifs is 1. The number of halogens is 1. The molecule has 2 unspecified atom stereocenters. The Labute approximate surface area is 138 Å². The average molecular weight is 333 g/mol. The van der Waals surface area contributed by atoms with Crippen molar-refractivity contribution in [3.8, 4) is 10.6 Å². The smallest absolute Gasteiger partial charge is 0.224 e. The summed E-state index contributed by atoms with van der Waals surface area (Å²) in [6, 6.07) is 6.37. The predicted molar refractivity (Wildman–Crippen MR) is 89.5 cm³/mol. The van der Waals surface area contributed by atoms with E-state index in [9.17, 15) is 9.18 Å². The van der Waals surface area contributed by atoms with Crippen molar-refractivity contribution in [1.82, 2.24) is 10.3 Å². The van der Waals surface area contributed by atoms with Gasteiger partial charge < -0.3 is 11.1 Å². The zero-order valence-corrected chi connectivity index (χ0v) is 13.8. The van der Waals surface area contributed by atoms with Crippen LogP contribution in [0.15, 0.2) is 24.3 Å². The Morgan fingerprint density at radius 3 is 2.91 bits per heavy atom. The highest BCUT2D eigenvalue weighted by molar-refractivity contribution is 7.15. The highest BCUT2D eigenvalue weighted by Crippen LogP contribution is 2.38. The second-order valence-corrected chi connectivity index (χ2v) is 6.96. The molecule has 0 bridgehead atoms. The minimum Gasteiger partial charge on any atom is -0.348 e. The number of aryl methyl sites for hydroxylation is 1. The molecule has 0 radical (unpaired) electrons. The van der Waals surface area contributed by atoms with Crippen LogP contribution in [0.4, 0.5) is 4.39 Å². The number of benzene rings is 1. The fraction of sp³-hybridized carbons (Fsp3) is 0.412. The molecule has 1 aromatic heterocycles. The number of hydrogen-bond acceptors (Lipinski definition) is 4. The van der Waals surface area contributed by atoms with Crippen molar-refractivity contribution in [3.05, 3.63) is 40.7 Å².